The van der Waals surface area contributed by atoms with Gasteiger partial charge in [0.1, 0.15) is 18.1 Å². The molecule has 0 spiro atoms. The molecule has 65 heavy (non-hydrogen) atoms. The Kier molecular flexibility index (Phi) is 23.6. The molecule has 3 aliphatic heterocycles. The van der Waals surface area contributed by atoms with E-state index >= 15 is 0 Å². The van der Waals surface area contributed by atoms with Crippen molar-refractivity contribution in [2.24, 2.45) is 23.5 Å². The van der Waals surface area contributed by atoms with Crippen molar-refractivity contribution < 1.29 is 84.7 Å². The SMILES string of the molecule is C[C@@H]1[C@H](O)[C@@H](C)/C=C/C=C/C=C/C=C/C=C/C=C/C=C/[C@H](O[C@@H]2O[C@H](C)[C@@H](O)[C@H](N)[C@H]2O)C[C@@H]2O[C@](O)(C[C@@H](O)C[C@@H](O)[C@H](O)CC[C@@H](O)C[C@@H](O)CC(=O)O[C@H]1C)C[C@H](O)C2C(=O)O. The predicted octanol–water partition coefficient (Wildman–Crippen LogP) is 0.712. The summed E-state index contributed by atoms with van der Waals surface area (Å²) in [6.07, 6.45) is 3.46. The van der Waals surface area contributed by atoms with Crippen LogP contribution in [0, 0.1) is 17.8 Å². The summed E-state index contributed by atoms with van der Waals surface area (Å²) in [5.74, 6) is -6.83. The van der Waals surface area contributed by atoms with E-state index in [9.17, 15) is 65.8 Å². The first-order valence-corrected chi connectivity index (χ1v) is 22.3. The first-order chi connectivity index (χ1) is 30.6. The number of aliphatic carboxylic acids is 1. The van der Waals surface area contributed by atoms with Gasteiger partial charge in [0.25, 0.3) is 0 Å². The number of esters is 1. The molecule has 0 amide bonds. The molecule has 18 heteroatoms. The number of cyclic esters (lactones) is 1. The van der Waals surface area contributed by atoms with Crippen LogP contribution in [0.4, 0.5) is 0 Å². The molecule has 0 saturated carbocycles. The number of hydrogen-bond acceptors (Lipinski definition) is 17. The quantitative estimate of drug-likeness (QED) is 0.174. The van der Waals surface area contributed by atoms with Crippen molar-refractivity contribution in [1.82, 2.24) is 0 Å². The molecule has 2 saturated heterocycles. The van der Waals surface area contributed by atoms with Crippen LogP contribution in [0.15, 0.2) is 85.1 Å². The fourth-order valence-electron chi connectivity index (χ4n) is 7.97. The number of rotatable bonds is 3. The van der Waals surface area contributed by atoms with E-state index in [-0.39, 0.29) is 31.6 Å². The number of aliphatic hydroxyl groups is 10. The molecule has 2 fully saturated rings. The number of carbonyl (C=O) groups is 2. The lowest BCUT2D eigenvalue weighted by Gasteiger charge is -2.45. The van der Waals surface area contributed by atoms with Crippen molar-refractivity contribution in [2.75, 3.05) is 0 Å². The zero-order valence-corrected chi connectivity index (χ0v) is 37.6. The Balaban J connectivity index is 1.86. The smallest absolute Gasteiger partial charge is 0.311 e. The molecule has 1 unspecified atom stereocenters. The van der Waals surface area contributed by atoms with Gasteiger partial charge in [-0.3, -0.25) is 9.59 Å². The highest BCUT2D eigenvalue weighted by molar-refractivity contribution is 5.71. The summed E-state index contributed by atoms with van der Waals surface area (Å²) in [5, 5.41) is 118. The van der Waals surface area contributed by atoms with Gasteiger partial charge >= 0.3 is 11.9 Å². The Morgan fingerprint density at radius 1 is 0.662 bits per heavy atom. The standard InChI is InChI=1S/C47H73NO17/c1-27-17-15-13-11-9-7-5-6-8-10-12-14-16-18-34(64-46-44(58)41(48)43(57)30(4)63-46)24-38-40(45(59)60)37(54)26-47(61,65-38)25-33(51)22-36(53)35(52)20-19-31(49)21-32(50)23-39(55)62-29(3)28(2)42(27)56/h5-18,27-38,40-44,46,49-54,56-58,61H,19-26,48H2,1-4H3,(H,59,60)/b6-5+,9-7+,10-8+,13-11+,14-12+,17-15+,18-16+/t27-,28-,29-,30+,31+,32+,33-,34-,35+,36+,37-,38-,40?,41-,42+,43+,44+,46-,47+/m0/s1. The zero-order valence-electron chi connectivity index (χ0n) is 37.6. The van der Waals surface area contributed by atoms with Crippen LogP contribution in [0.2, 0.25) is 0 Å². The first-order valence-electron chi connectivity index (χ1n) is 22.3. The normalized spacial score (nSPS) is 45.5. The summed E-state index contributed by atoms with van der Waals surface area (Å²) in [4.78, 5) is 25.1. The maximum Gasteiger partial charge on any atom is 0.311 e. The number of fused-ring (bicyclic) bond motifs is 2. The summed E-state index contributed by atoms with van der Waals surface area (Å²) in [5.41, 5.74) is 6.02. The second-order valence-electron chi connectivity index (χ2n) is 17.6. The van der Waals surface area contributed by atoms with Crippen molar-refractivity contribution in [3.63, 3.8) is 0 Å². The molecule has 2 bridgehead atoms. The van der Waals surface area contributed by atoms with E-state index in [4.69, 9.17) is 24.7 Å². The van der Waals surface area contributed by atoms with Crippen molar-refractivity contribution in [2.45, 2.75) is 177 Å². The van der Waals surface area contributed by atoms with Gasteiger partial charge in [-0.25, -0.2) is 0 Å². The molecule has 0 radical (unpaired) electrons. The minimum Gasteiger partial charge on any atom is -0.481 e. The number of aliphatic hydroxyl groups excluding tert-OH is 9. The van der Waals surface area contributed by atoms with E-state index in [0.29, 0.717) is 0 Å². The van der Waals surface area contributed by atoms with Gasteiger partial charge in [0.15, 0.2) is 12.1 Å². The molecule has 368 valence electrons. The fraction of sp³-hybridized carbons (Fsp3) is 0.660. The zero-order chi connectivity index (χ0) is 48.4. The number of allylic oxidation sites excluding steroid dienone is 12. The van der Waals surface area contributed by atoms with Crippen molar-refractivity contribution in [3.8, 4) is 0 Å². The highest BCUT2D eigenvalue weighted by Crippen LogP contribution is 2.38. The summed E-state index contributed by atoms with van der Waals surface area (Å²) < 4.78 is 23.1. The van der Waals surface area contributed by atoms with E-state index in [1.54, 1.807) is 80.7 Å². The highest BCUT2D eigenvalue weighted by Gasteiger charge is 2.51. The van der Waals surface area contributed by atoms with Gasteiger partial charge in [-0.2, -0.15) is 0 Å². The Bertz CT molecular complexity index is 1670. The van der Waals surface area contributed by atoms with E-state index < -0.39 is 147 Å². The highest BCUT2D eigenvalue weighted by atomic mass is 16.7. The average molecular weight is 924 g/mol. The number of hydrogen-bond donors (Lipinski definition) is 12. The second-order valence-corrected chi connectivity index (χ2v) is 17.6. The molecule has 3 rings (SSSR count). The van der Waals surface area contributed by atoms with Crippen LogP contribution < -0.4 is 5.73 Å². The summed E-state index contributed by atoms with van der Waals surface area (Å²) >= 11 is 0. The van der Waals surface area contributed by atoms with Crippen LogP contribution in [0.1, 0.15) is 79.1 Å². The van der Waals surface area contributed by atoms with E-state index in [1.807, 2.05) is 19.1 Å². The lowest BCUT2D eigenvalue weighted by atomic mass is 9.82. The molecule has 0 aliphatic carbocycles. The molecule has 18 nitrogen and oxygen atoms in total. The monoisotopic (exact) mass is 923 g/mol. The van der Waals surface area contributed by atoms with Gasteiger partial charge in [-0.1, -0.05) is 98.9 Å². The minimum absolute atomic E-state index is 0.107. The summed E-state index contributed by atoms with van der Waals surface area (Å²) in [6, 6.07) is -1.15. The number of ether oxygens (including phenoxy) is 4. The molecular weight excluding hydrogens is 851 g/mol. The van der Waals surface area contributed by atoms with Crippen LogP contribution in [0.25, 0.3) is 0 Å². The third kappa shape index (κ3) is 18.6. The molecule has 0 aromatic rings. The van der Waals surface area contributed by atoms with Gasteiger partial charge in [-0.15, -0.1) is 0 Å². The summed E-state index contributed by atoms with van der Waals surface area (Å²) in [6.45, 7) is 6.74. The van der Waals surface area contributed by atoms with Crippen LogP contribution in [-0.4, -0.2) is 166 Å². The van der Waals surface area contributed by atoms with Crippen molar-refractivity contribution >= 4 is 11.9 Å². The topological polar surface area (TPSA) is 320 Å². The molecular formula is C47H73NO17. The molecule has 0 aromatic carbocycles. The predicted molar refractivity (Wildman–Crippen MR) is 237 cm³/mol. The van der Waals surface area contributed by atoms with Crippen molar-refractivity contribution in [1.29, 1.82) is 0 Å². The molecule has 3 aliphatic rings. The number of carboxylic acids is 1. The number of carbonyl (C=O) groups excluding carboxylic acids is 1. The van der Waals surface area contributed by atoms with Gasteiger partial charge in [0.05, 0.1) is 79.6 Å². The third-order valence-corrected chi connectivity index (χ3v) is 12.0. The Morgan fingerprint density at radius 3 is 1.82 bits per heavy atom. The Labute approximate surface area is 381 Å². The maximum absolute atomic E-state index is 12.6. The number of nitrogens with two attached hydrogens (primary N) is 1. The van der Waals surface area contributed by atoms with Gasteiger partial charge in [0, 0.05) is 37.5 Å². The van der Waals surface area contributed by atoms with Gasteiger partial charge in [-0.05, 0) is 33.1 Å². The molecule has 13 N–H and O–H groups in total. The van der Waals surface area contributed by atoms with Gasteiger partial charge in [0.2, 0.25) is 0 Å². The van der Waals surface area contributed by atoms with Crippen molar-refractivity contribution in [3.05, 3.63) is 85.1 Å². The van der Waals surface area contributed by atoms with Crippen LogP contribution in [0.5, 0.6) is 0 Å². The molecule has 19 atom stereocenters. The lowest BCUT2D eigenvalue weighted by molar-refractivity contribution is -0.308. The second kappa shape index (κ2) is 27.4. The largest absolute Gasteiger partial charge is 0.481 e. The molecule has 0 aromatic heterocycles. The number of carboxylic acid groups (broad SMARTS) is 1. The first kappa shape index (κ1) is 55.9. The maximum atomic E-state index is 12.6. The van der Waals surface area contributed by atoms with E-state index in [2.05, 4.69) is 0 Å². The summed E-state index contributed by atoms with van der Waals surface area (Å²) in [7, 11) is 0. The fourth-order valence-corrected chi connectivity index (χ4v) is 7.97. The van der Waals surface area contributed by atoms with Crippen LogP contribution in [-0.2, 0) is 28.5 Å². The van der Waals surface area contributed by atoms with E-state index in [0.717, 1.165) is 0 Å². The van der Waals surface area contributed by atoms with Crippen LogP contribution >= 0.6 is 0 Å². The van der Waals surface area contributed by atoms with Crippen LogP contribution in [0.3, 0.4) is 0 Å². The Hall–Kier alpha value is -3.44. The average Bonchev–Trinajstić information content (AvgIpc) is 3.21. The van der Waals surface area contributed by atoms with E-state index in [1.165, 1.54) is 13.0 Å². The molecule has 3 heterocycles. The Morgan fingerprint density at radius 2 is 1.23 bits per heavy atom. The minimum atomic E-state index is -2.33. The third-order valence-electron chi connectivity index (χ3n) is 12.0. The van der Waals surface area contributed by atoms with Gasteiger partial charge < -0.3 is 80.9 Å². The lowest BCUT2D eigenvalue weighted by Crippen LogP contribution is -2.61.